The highest BCUT2D eigenvalue weighted by Crippen LogP contribution is 2.36. The lowest BCUT2D eigenvalue weighted by molar-refractivity contribution is -0.141. The fourth-order valence-corrected chi connectivity index (χ4v) is 4.83. The van der Waals surface area contributed by atoms with Crippen molar-refractivity contribution in [2.24, 2.45) is 12.0 Å². The van der Waals surface area contributed by atoms with Crippen LogP contribution in [0.3, 0.4) is 0 Å². The summed E-state index contributed by atoms with van der Waals surface area (Å²) in [6.45, 7) is 1.38. The van der Waals surface area contributed by atoms with Crippen molar-refractivity contribution in [3.05, 3.63) is 87.3 Å². The van der Waals surface area contributed by atoms with Crippen LogP contribution in [0, 0.1) is 6.92 Å². The highest BCUT2D eigenvalue weighted by atomic mass is 32.2. The van der Waals surface area contributed by atoms with Gasteiger partial charge in [0.05, 0.1) is 16.8 Å². The van der Waals surface area contributed by atoms with Gasteiger partial charge in [0, 0.05) is 24.7 Å². The van der Waals surface area contributed by atoms with Gasteiger partial charge in [0.1, 0.15) is 10.9 Å². The number of alkyl halides is 3. The minimum atomic E-state index is -4.78. The molecule has 9 nitrogen and oxygen atoms in total. The van der Waals surface area contributed by atoms with Crippen molar-refractivity contribution in [3.8, 4) is 11.1 Å². The average Bonchev–Trinajstić information content (AvgIpc) is 3.27. The number of aliphatic imine (C=N–C) groups is 1. The molecule has 2 heterocycles. The molecule has 13 heteroatoms. The molecular formula is C26H20F3N3O6S. The quantitative estimate of drug-likeness (QED) is 0.446. The number of carbonyl (C=O) groups is 2. The maximum Gasteiger partial charge on any atom is 0.417 e. The number of pyridine rings is 1. The number of aryl methyl sites for hydroxylation is 1. The van der Waals surface area contributed by atoms with Gasteiger partial charge in [-0.25, -0.2) is 9.79 Å². The van der Waals surface area contributed by atoms with E-state index in [1.807, 2.05) is 0 Å². The summed E-state index contributed by atoms with van der Waals surface area (Å²) in [4.78, 5) is 41.1. The molecule has 1 aliphatic heterocycles. The second-order valence-electron chi connectivity index (χ2n) is 8.74. The molecule has 2 N–H and O–H groups in total. The number of carbonyl (C=O) groups excluding carboxylic acids is 1. The molecule has 0 fully saturated rings. The van der Waals surface area contributed by atoms with Crippen molar-refractivity contribution in [2.45, 2.75) is 25.6 Å². The summed E-state index contributed by atoms with van der Waals surface area (Å²) < 4.78 is 65.7. The van der Waals surface area contributed by atoms with Crippen LogP contribution in [0.4, 0.5) is 18.9 Å². The second-order valence-corrected chi connectivity index (χ2v) is 9.62. The molecule has 0 aliphatic carbocycles. The number of fused-ring (bicyclic) bond motifs is 1. The molecule has 1 amide bonds. The van der Waals surface area contributed by atoms with Crippen molar-refractivity contribution in [2.75, 3.05) is 0 Å². The normalized spacial score (nSPS) is 13.5. The highest BCUT2D eigenvalue weighted by Gasteiger charge is 2.36. The van der Waals surface area contributed by atoms with Crippen LogP contribution < -0.4 is 10.9 Å². The lowest BCUT2D eigenvalue weighted by atomic mass is 9.97. The molecule has 3 aromatic rings. The monoisotopic (exact) mass is 559 g/mol. The minimum Gasteiger partial charge on any atom is -0.480 e. The van der Waals surface area contributed by atoms with Crippen LogP contribution in [0.15, 0.2) is 64.4 Å². The average molecular weight is 560 g/mol. The van der Waals surface area contributed by atoms with Gasteiger partial charge < -0.3 is 15.0 Å². The molecule has 2 aromatic carbocycles. The van der Waals surface area contributed by atoms with E-state index >= 15 is 0 Å². The van der Waals surface area contributed by atoms with Crippen LogP contribution in [0.2, 0.25) is 0 Å². The summed E-state index contributed by atoms with van der Waals surface area (Å²) in [7, 11) is -1.48. The Balaban J connectivity index is 1.60. The zero-order chi connectivity index (χ0) is 28.6. The Morgan fingerprint density at radius 2 is 1.74 bits per heavy atom. The van der Waals surface area contributed by atoms with E-state index in [0.29, 0.717) is 5.56 Å². The Hall–Kier alpha value is -4.52. The van der Waals surface area contributed by atoms with Crippen LogP contribution in [0.25, 0.3) is 11.1 Å². The number of rotatable bonds is 6. The smallest absolute Gasteiger partial charge is 0.417 e. The Bertz CT molecular complexity index is 1730. The van der Waals surface area contributed by atoms with E-state index < -0.39 is 56.8 Å². The molecule has 0 saturated heterocycles. The van der Waals surface area contributed by atoms with E-state index in [9.17, 15) is 41.1 Å². The SMILES string of the molecule is Cc1cc(C(F)(F)F)c(-c2ccc(CC(NC(=O)C3=Nc4ccccc4C3=S(=O)=O)C(=O)O)cc2)c(=O)n1C. The topological polar surface area (TPSA) is 135 Å². The number of aliphatic carboxylic acids is 1. The van der Waals surface area contributed by atoms with E-state index in [4.69, 9.17) is 0 Å². The molecule has 1 unspecified atom stereocenters. The molecule has 1 aliphatic rings. The number of carboxylic acid groups (broad SMARTS) is 1. The maximum atomic E-state index is 13.7. The number of nitrogens with zero attached hydrogens (tertiary/aromatic N) is 2. The number of aromatic nitrogens is 1. The molecule has 4 rings (SSSR count). The zero-order valence-electron chi connectivity index (χ0n) is 20.4. The van der Waals surface area contributed by atoms with Crippen LogP contribution in [-0.2, 0) is 39.5 Å². The summed E-state index contributed by atoms with van der Waals surface area (Å²) in [5.74, 6) is -2.45. The summed E-state index contributed by atoms with van der Waals surface area (Å²) in [6, 6.07) is 10.7. The first-order chi connectivity index (χ1) is 18.3. The third-order valence-electron chi connectivity index (χ3n) is 6.24. The van der Waals surface area contributed by atoms with E-state index in [1.54, 1.807) is 12.1 Å². The lowest BCUT2D eigenvalue weighted by Crippen LogP contribution is -2.46. The van der Waals surface area contributed by atoms with E-state index in [0.717, 1.165) is 10.6 Å². The molecule has 1 aromatic heterocycles. The van der Waals surface area contributed by atoms with Crippen molar-refractivity contribution < 1.29 is 36.3 Å². The molecule has 0 radical (unpaired) electrons. The van der Waals surface area contributed by atoms with Gasteiger partial charge in [-0.1, -0.05) is 42.5 Å². The second kappa shape index (κ2) is 10.3. The first-order valence-corrected chi connectivity index (χ1v) is 12.4. The lowest BCUT2D eigenvalue weighted by Gasteiger charge is -2.17. The molecule has 1 atom stereocenters. The number of hydrogen-bond donors (Lipinski definition) is 2. The number of amides is 1. The fourth-order valence-electron chi connectivity index (χ4n) is 4.18. The third-order valence-corrected chi connectivity index (χ3v) is 6.99. The van der Waals surface area contributed by atoms with Gasteiger partial charge in [-0.05, 0) is 30.2 Å². The van der Waals surface area contributed by atoms with Crippen LogP contribution in [0.5, 0.6) is 0 Å². The van der Waals surface area contributed by atoms with E-state index in [2.05, 4.69) is 10.3 Å². The maximum absolute atomic E-state index is 13.7. The highest BCUT2D eigenvalue weighted by molar-refractivity contribution is 7.75. The van der Waals surface area contributed by atoms with Crippen molar-refractivity contribution in [3.63, 3.8) is 0 Å². The zero-order valence-corrected chi connectivity index (χ0v) is 21.2. The van der Waals surface area contributed by atoms with Crippen molar-refractivity contribution in [1.29, 1.82) is 0 Å². The van der Waals surface area contributed by atoms with Crippen molar-refractivity contribution in [1.82, 2.24) is 9.88 Å². The van der Waals surface area contributed by atoms with Gasteiger partial charge in [-0.2, -0.15) is 21.6 Å². The number of para-hydroxylation sites is 1. The number of benzene rings is 2. The largest absolute Gasteiger partial charge is 0.480 e. The summed E-state index contributed by atoms with van der Waals surface area (Å²) in [5.41, 5.74) is -2.04. The standard InChI is InChI=1S/C26H20F3N3O6S/c1-13-11-17(26(27,28)29)20(24(34)32(13)2)15-9-7-14(8-10-15)12-19(25(35)36)31-23(33)21-22(39(37)38)16-5-3-4-6-18(16)30-21/h3-11,19H,12H2,1-2H3,(H,31,33)(H,35,36). The van der Waals surface area contributed by atoms with Gasteiger partial charge in [-0.15, -0.1) is 0 Å². The van der Waals surface area contributed by atoms with Gasteiger partial charge in [0.2, 0.25) is 10.3 Å². The van der Waals surface area contributed by atoms with E-state index in [-0.39, 0.29) is 33.8 Å². The molecule has 202 valence electrons. The fraction of sp³-hybridized carbons (Fsp3) is 0.192. The van der Waals surface area contributed by atoms with Crippen molar-refractivity contribution >= 4 is 38.4 Å². The van der Waals surface area contributed by atoms with Gasteiger partial charge in [0.25, 0.3) is 11.5 Å². The molecule has 39 heavy (non-hydrogen) atoms. The van der Waals surface area contributed by atoms with E-state index in [1.165, 1.54) is 50.4 Å². The van der Waals surface area contributed by atoms with Crippen LogP contribution >= 0.6 is 0 Å². The molecule has 0 saturated carbocycles. The number of hydrogen-bond acceptors (Lipinski definition) is 6. The number of carboxylic acids is 1. The molecule has 0 bridgehead atoms. The Morgan fingerprint density at radius 1 is 1.10 bits per heavy atom. The molecular weight excluding hydrogens is 539 g/mol. The summed E-state index contributed by atoms with van der Waals surface area (Å²) >= 11 is 0. The van der Waals surface area contributed by atoms with Crippen LogP contribution in [0.1, 0.15) is 22.4 Å². The third kappa shape index (κ3) is 5.39. The van der Waals surface area contributed by atoms with Gasteiger partial charge in [0.15, 0.2) is 5.71 Å². The first-order valence-electron chi connectivity index (χ1n) is 11.3. The number of nitrogens with one attached hydrogen (secondary N) is 1. The summed E-state index contributed by atoms with van der Waals surface area (Å²) in [6.07, 6.45) is -5.06. The Morgan fingerprint density at radius 3 is 2.33 bits per heavy atom. The predicted molar refractivity (Wildman–Crippen MR) is 137 cm³/mol. The number of halogens is 3. The predicted octanol–water partition coefficient (Wildman–Crippen LogP) is 2.68. The van der Waals surface area contributed by atoms with Gasteiger partial charge >= 0.3 is 12.1 Å². The minimum absolute atomic E-state index is 0.0159. The summed E-state index contributed by atoms with van der Waals surface area (Å²) in [5, 5.41) is 11.9. The van der Waals surface area contributed by atoms with Crippen LogP contribution in [-0.4, -0.2) is 46.6 Å². The Kier molecular flexibility index (Phi) is 7.29. The Labute approximate surface area is 220 Å². The first kappa shape index (κ1) is 27.5. The molecule has 0 spiro atoms. The van der Waals surface area contributed by atoms with Gasteiger partial charge in [-0.3, -0.25) is 9.59 Å².